The molecule has 0 atom stereocenters. The summed E-state index contributed by atoms with van der Waals surface area (Å²) in [6.07, 6.45) is 1.23. The van der Waals surface area contributed by atoms with E-state index in [0.717, 1.165) is 23.6 Å². The van der Waals surface area contributed by atoms with E-state index in [-0.39, 0.29) is 18.0 Å². The fraction of sp³-hybridized carbons (Fsp3) is 0.368. The standard InChI is InChI=1S/C19H22N2O3/c1-2-24-19(23)21-11-9-17(10-12-21)20-18(22)16-8-7-14-5-3-4-6-15(14)13-16/h3-8,13,17H,2,9-12H2,1H3,(H,20,22). The van der Waals surface area contributed by atoms with E-state index in [1.54, 1.807) is 11.8 Å². The molecule has 2 aromatic carbocycles. The first-order chi connectivity index (χ1) is 11.7. The number of amides is 2. The lowest BCUT2D eigenvalue weighted by molar-refractivity contribution is 0.0860. The van der Waals surface area contributed by atoms with Gasteiger partial charge in [-0.05, 0) is 42.7 Å². The lowest BCUT2D eigenvalue weighted by atomic mass is 10.0. The van der Waals surface area contributed by atoms with Gasteiger partial charge in [0, 0.05) is 24.7 Å². The Morgan fingerprint density at radius 3 is 2.54 bits per heavy atom. The zero-order valence-corrected chi connectivity index (χ0v) is 13.8. The Balaban J connectivity index is 1.58. The van der Waals surface area contributed by atoms with Crippen molar-refractivity contribution in [3.05, 3.63) is 48.0 Å². The fourth-order valence-electron chi connectivity index (χ4n) is 3.02. The van der Waals surface area contributed by atoms with Crippen molar-refractivity contribution in [1.29, 1.82) is 0 Å². The van der Waals surface area contributed by atoms with Gasteiger partial charge in [-0.1, -0.05) is 30.3 Å². The van der Waals surface area contributed by atoms with Crippen LogP contribution in [-0.2, 0) is 4.74 Å². The molecule has 1 saturated heterocycles. The quantitative estimate of drug-likeness (QED) is 0.942. The van der Waals surface area contributed by atoms with Crippen molar-refractivity contribution in [2.75, 3.05) is 19.7 Å². The first-order valence-corrected chi connectivity index (χ1v) is 8.38. The number of fused-ring (bicyclic) bond motifs is 1. The van der Waals surface area contributed by atoms with Crippen LogP contribution in [0.5, 0.6) is 0 Å². The van der Waals surface area contributed by atoms with Crippen LogP contribution in [0.3, 0.4) is 0 Å². The summed E-state index contributed by atoms with van der Waals surface area (Å²) >= 11 is 0. The molecule has 1 aliphatic rings. The average molecular weight is 326 g/mol. The van der Waals surface area contributed by atoms with Crippen LogP contribution in [0.25, 0.3) is 10.8 Å². The van der Waals surface area contributed by atoms with Crippen LogP contribution < -0.4 is 5.32 Å². The van der Waals surface area contributed by atoms with Gasteiger partial charge in [-0.25, -0.2) is 4.79 Å². The molecule has 1 aliphatic heterocycles. The number of nitrogens with zero attached hydrogens (tertiary/aromatic N) is 1. The van der Waals surface area contributed by atoms with Crippen molar-refractivity contribution >= 4 is 22.8 Å². The topological polar surface area (TPSA) is 58.6 Å². The fourth-order valence-corrected chi connectivity index (χ4v) is 3.02. The van der Waals surface area contributed by atoms with Gasteiger partial charge < -0.3 is 15.0 Å². The third kappa shape index (κ3) is 3.67. The molecule has 0 radical (unpaired) electrons. The molecule has 0 aromatic heterocycles. The SMILES string of the molecule is CCOC(=O)N1CCC(NC(=O)c2ccc3ccccc3c2)CC1. The van der Waals surface area contributed by atoms with Gasteiger partial charge in [-0.3, -0.25) is 4.79 Å². The summed E-state index contributed by atoms with van der Waals surface area (Å²) in [5, 5.41) is 5.25. The Hall–Kier alpha value is -2.56. The molecule has 2 aromatic rings. The maximum absolute atomic E-state index is 12.5. The number of rotatable bonds is 3. The van der Waals surface area contributed by atoms with Gasteiger partial charge in [0.2, 0.25) is 0 Å². The Labute approximate surface area is 141 Å². The highest BCUT2D eigenvalue weighted by atomic mass is 16.6. The lowest BCUT2D eigenvalue weighted by Gasteiger charge is -2.31. The number of hydrogen-bond acceptors (Lipinski definition) is 3. The van der Waals surface area contributed by atoms with Gasteiger partial charge in [0.15, 0.2) is 0 Å². The molecule has 5 heteroatoms. The van der Waals surface area contributed by atoms with Crippen LogP contribution in [0.2, 0.25) is 0 Å². The van der Waals surface area contributed by atoms with Gasteiger partial charge >= 0.3 is 6.09 Å². The van der Waals surface area contributed by atoms with Crippen LogP contribution in [-0.4, -0.2) is 42.6 Å². The first kappa shape index (κ1) is 16.3. The zero-order valence-electron chi connectivity index (χ0n) is 13.8. The largest absolute Gasteiger partial charge is 0.450 e. The van der Waals surface area contributed by atoms with Crippen LogP contribution >= 0.6 is 0 Å². The highest BCUT2D eigenvalue weighted by Crippen LogP contribution is 2.17. The molecule has 1 fully saturated rings. The van der Waals surface area contributed by atoms with Gasteiger partial charge in [0.05, 0.1) is 6.61 Å². The van der Waals surface area contributed by atoms with Crippen LogP contribution in [0.15, 0.2) is 42.5 Å². The van der Waals surface area contributed by atoms with E-state index < -0.39 is 0 Å². The number of carbonyl (C=O) groups is 2. The third-order valence-corrected chi connectivity index (χ3v) is 4.37. The number of hydrogen-bond donors (Lipinski definition) is 1. The molecular formula is C19H22N2O3. The summed E-state index contributed by atoms with van der Waals surface area (Å²) in [7, 11) is 0. The van der Waals surface area contributed by atoms with Gasteiger partial charge in [0.1, 0.15) is 0 Å². The molecule has 24 heavy (non-hydrogen) atoms. The summed E-state index contributed by atoms with van der Waals surface area (Å²) in [5.74, 6) is -0.0599. The number of piperidine rings is 1. The minimum absolute atomic E-state index is 0.0599. The second-order valence-electron chi connectivity index (χ2n) is 6.00. The zero-order chi connectivity index (χ0) is 16.9. The molecule has 0 aliphatic carbocycles. The smallest absolute Gasteiger partial charge is 0.409 e. The van der Waals surface area contributed by atoms with Crippen molar-refractivity contribution in [2.24, 2.45) is 0 Å². The number of nitrogens with one attached hydrogen (secondary N) is 1. The third-order valence-electron chi connectivity index (χ3n) is 4.37. The van der Waals surface area contributed by atoms with Gasteiger partial charge in [0.25, 0.3) is 5.91 Å². The molecule has 2 amide bonds. The average Bonchev–Trinajstić information content (AvgIpc) is 2.62. The maximum Gasteiger partial charge on any atom is 0.409 e. The second-order valence-corrected chi connectivity index (χ2v) is 6.00. The summed E-state index contributed by atoms with van der Waals surface area (Å²) in [6, 6.07) is 13.8. The lowest BCUT2D eigenvalue weighted by Crippen LogP contribution is -2.46. The molecule has 1 N–H and O–H groups in total. The summed E-state index contributed by atoms with van der Waals surface area (Å²) in [5.41, 5.74) is 0.668. The van der Waals surface area contributed by atoms with E-state index in [9.17, 15) is 9.59 Å². The van der Waals surface area contributed by atoms with Gasteiger partial charge in [-0.15, -0.1) is 0 Å². The molecule has 0 bridgehead atoms. The molecule has 5 nitrogen and oxygen atoms in total. The maximum atomic E-state index is 12.5. The predicted molar refractivity (Wildman–Crippen MR) is 93.0 cm³/mol. The number of ether oxygens (including phenoxy) is 1. The number of likely N-dealkylation sites (tertiary alicyclic amines) is 1. The Morgan fingerprint density at radius 1 is 1.12 bits per heavy atom. The minimum atomic E-state index is -0.267. The second kappa shape index (κ2) is 7.34. The van der Waals surface area contributed by atoms with Crippen molar-refractivity contribution in [3.8, 4) is 0 Å². The Kier molecular flexibility index (Phi) is 4.99. The highest BCUT2D eigenvalue weighted by Gasteiger charge is 2.24. The number of carbonyl (C=O) groups excluding carboxylic acids is 2. The van der Waals surface area contributed by atoms with Crippen molar-refractivity contribution in [3.63, 3.8) is 0 Å². The predicted octanol–water partition coefficient (Wildman–Crippen LogP) is 3.19. The van der Waals surface area contributed by atoms with Crippen molar-refractivity contribution < 1.29 is 14.3 Å². The minimum Gasteiger partial charge on any atom is -0.450 e. The summed E-state index contributed by atoms with van der Waals surface area (Å²) in [4.78, 5) is 25.8. The molecule has 3 rings (SSSR count). The molecule has 0 spiro atoms. The van der Waals surface area contributed by atoms with Crippen molar-refractivity contribution in [2.45, 2.75) is 25.8 Å². The number of benzene rings is 2. The Morgan fingerprint density at radius 2 is 1.83 bits per heavy atom. The molecule has 1 heterocycles. The highest BCUT2D eigenvalue weighted by molar-refractivity contribution is 5.98. The monoisotopic (exact) mass is 326 g/mol. The van der Waals surface area contributed by atoms with Gasteiger partial charge in [-0.2, -0.15) is 0 Å². The van der Waals surface area contributed by atoms with E-state index >= 15 is 0 Å². The first-order valence-electron chi connectivity index (χ1n) is 8.38. The normalized spacial score (nSPS) is 15.3. The Bertz CT molecular complexity index is 736. The molecule has 0 unspecified atom stereocenters. The van der Waals surface area contributed by atoms with Crippen molar-refractivity contribution in [1.82, 2.24) is 10.2 Å². The van der Waals surface area contributed by atoms with E-state index in [1.165, 1.54) is 0 Å². The van der Waals surface area contributed by atoms with Crippen LogP contribution in [0.4, 0.5) is 4.79 Å². The van der Waals surface area contributed by atoms with E-state index in [0.29, 0.717) is 25.3 Å². The molecule has 126 valence electrons. The van der Waals surface area contributed by atoms with Crippen LogP contribution in [0.1, 0.15) is 30.1 Å². The van der Waals surface area contributed by atoms with E-state index in [4.69, 9.17) is 4.74 Å². The van der Waals surface area contributed by atoms with Crippen LogP contribution in [0, 0.1) is 0 Å². The van der Waals surface area contributed by atoms with E-state index in [2.05, 4.69) is 5.32 Å². The van der Waals surface area contributed by atoms with E-state index in [1.807, 2.05) is 42.5 Å². The summed E-state index contributed by atoms with van der Waals surface area (Å²) in [6.45, 7) is 3.41. The molecular weight excluding hydrogens is 304 g/mol. The summed E-state index contributed by atoms with van der Waals surface area (Å²) < 4.78 is 5.01. The molecule has 0 saturated carbocycles.